The summed E-state index contributed by atoms with van der Waals surface area (Å²) in [6, 6.07) is 0. The van der Waals surface area contributed by atoms with Gasteiger partial charge in [-0.15, -0.1) is 0 Å². The van der Waals surface area contributed by atoms with E-state index in [1.165, 1.54) is 5.56 Å². The van der Waals surface area contributed by atoms with Crippen molar-refractivity contribution in [1.29, 1.82) is 0 Å². The van der Waals surface area contributed by atoms with E-state index in [-0.39, 0.29) is 5.41 Å². The predicted molar refractivity (Wildman–Crippen MR) is 85.3 cm³/mol. The van der Waals surface area contributed by atoms with Crippen LogP contribution in [0.1, 0.15) is 37.7 Å². The Kier molecular flexibility index (Phi) is 4.16. The van der Waals surface area contributed by atoms with Crippen molar-refractivity contribution in [1.82, 2.24) is 19.7 Å². The fourth-order valence-corrected chi connectivity index (χ4v) is 1.97. The molecule has 0 amide bonds. The van der Waals surface area contributed by atoms with Gasteiger partial charge in [0, 0.05) is 30.8 Å². The maximum atomic E-state index is 6.00. The van der Waals surface area contributed by atoms with Gasteiger partial charge in [0.2, 0.25) is 0 Å². The van der Waals surface area contributed by atoms with Gasteiger partial charge >= 0.3 is 0 Å². The van der Waals surface area contributed by atoms with E-state index in [9.17, 15) is 0 Å². The first kappa shape index (κ1) is 15.3. The Morgan fingerprint density at radius 3 is 2.57 bits per heavy atom. The highest BCUT2D eigenvalue weighted by molar-refractivity contribution is 5.55. The number of nitrogen functional groups attached to an aromatic ring is 1. The van der Waals surface area contributed by atoms with Gasteiger partial charge in [-0.05, 0) is 18.9 Å². The lowest BCUT2D eigenvalue weighted by atomic mass is 9.95. The van der Waals surface area contributed by atoms with Crippen LogP contribution in [0.4, 0.5) is 11.6 Å². The van der Waals surface area contributed by atoms with E-state index in [0.29, 0.717) is 5.82 Å². The molecule has 0 aliphatic heterocycles. The number of nitrogens with two attached hydrogens (primary N) is 1. The second-order valence-corrected chi connectivity index (χ2v) is 6.36. The van der Waals surface area contributed by atoms with Crippen molar-refractivity contribution < 1.29 is 0 Å². The molecular formula is C15H24N6. The molecule has 2 rings (SSSR count). The van der Waals surface area contributed by atoms with Gasteiger partial charge in [0.05, 0.1) is 6.20 Å². The highest BCUT2D eigenvalue weighted by Crippen LogP contribution is 2.24. The summed E-state index contributed by atoms with van der Waals surface area (Å²) in [7, 11) is 1.92. The summed E-state index contributed by atoms with van der Waals surface area (Å²) in [5.74, 6) is 2.12. The molecule has 0 radical (unpaired) electrons. The Morgan fingerprint density at radius 2 is 2.00 bits per heavy atom. The molecule has 0 fully saturated rings. The van der Waals surface area contributed by atoms with Gasteiger partial charge in [0.15, 0.2) is 0 Å². The highest BCUT2D eigenvalue weighted by atomic mass is 15.2. The molecule has 0 atom stereocenters. The van der Waals surface area contributed by atoms with Crippen molar-refractivity contribution in [3.63, 3.8) is 0 Å². The van der Waals surface area contributed by atoms with Gasteiger partial charge in [-0.2, -0.15) is 5.10 Å². The molecule has 0 aliphatic rings. The molecule has 2 heterocycles. The summed E-state index contributed by atoms with van der Waals surface area (Å²) in [4.78, 5) is 9.01. The van der Waals surface area contributed by atoms with E-state index in [1.54, 1.807) is 4.68 Å². The molecule has 0 saturated carbocycles. The molecule has 0 bridgehead atoms. The molecule has 21 heavy (non-hydrogen) atoms. The normalized spacial score (nSPS) is 11.7. The maximum Gasteiger partial charge on any atom is 0.138 e. The van der Waals surface area contributed by atoms with E-state index in [2.05, 4.69) is 41.2 Å². The van der Waals surface area contributed by atoms with Crippen LogP contribution in [0.3, 0.4) is 0 Å². The van der Waals surface area contributed by atoms with Crippen molar-refractivity contribution in [2.24, 2.45) is 7.05 Å². The third kappa shape index (κ3) is 3.71. The van der Waals surface area contributed by atoms with Gasteiger partial charge in [-0.25, -0.2) is 9.97 Å². The monoisotopic (exact) mass is 288 g/mol. The molecule has 0 saturated heterocycles. The summed E-state index contributed by atoms with van der Waals surface area (Å²) in [5, 5.41) is 7.52. The third-order valence-corrected chi connectivity index (χ3v) is 3.32. The number of nitrogens with one attached hydrogen (secondary N) is 1. The average molecular weight is 288 g/mol. The van der Waals surface area contributed by atoms with Crippen LogP contribution in [-0.4, -0.2) is 26.3 Å². The van der Waals surface area contributed by atoms with Crippen molar-refractivity contribution in [2.45, 2.75) is 39.5 Å². The lowest BCUT2D eigenvalue weighted by Gasteiger charge is -2.19. The van der Waals surface area contributed by atoms with Crippen molar-refractivity contribution >= 4 is 11.6 Å². The van der Waals surface area contributed by atoms with Crippen molar-refractivity contribution in [2.75, 3.05) is 17.6 Å². The Balaban J connectivity index is 2.10. The standard InChI is InChI=1S/C15H24N6/c1-10-12(16)19-14(15(2,3)4)20-13(10)17-7-6-11-8-18-21(5)9-11/h8-9H,6-7H2,1-5H3,(H3,16,17,19,20). The van der Waals surface area contributed by atoms with Crippen molar-refractivity contribution in [3.05, 3.63) is 29.3 Å². The van der Waals surface area contributed by atoms with Gasteiger partial charge in [0.1, 0.15) is 17.5 Å². The van der Waals surface area contributed by atoms with E-state index in [4.69, 9.17) is 5.73 Å². The summed E-state index contributed by atoms with van der Waals surface area (Å²) >= 11 is 0. The van der Waals surface area contributed by atoms with E-state index in [1.807, 2.05) is 26.4 Å². The fraction of sp³-hybridized carbons (Fsp3) is 0.533. The van der Waals surface area contributed by atoms with Gasteiger partial charge in [-0.1, -0.05) is 20.8 Å². The molecule has 6 nitrogen and oxygen atoms in total. The molecule has 3 N–H and O–H groups in total. The number of rotatable bonds is 4. The number of hydrogen-bond donors (Lipinski definition) is 2. The highest BCUT2D eigenvalue weighted by Gasteiger charge is 2.20. The molecule has 6 heteroatoms. The lowest BCUT2D eigenvalue weighted by Crippen LogP contribution is -2.20. The quantitative estimate of drug-likeness (QED) is 0.900. The number of aromatic nitrogens is 4. The summed E-state index contributed by atoms with van der Waals surface area (Å²) < 4.78 is 1.81. The molecule has 0 spiro atoms. The van der Waals surface area contributed by atoms with Crippen LogP contribution in [0, 0.1) is 6.92 Å². The van der Waals surface area contributed by atoms with Gasteiger partial charge in [0.25, 0.3) is 0 Å². The largest absolute Gasteiger partial charge is 0.383 e. The van der Waals surface area contributed by atoms with Crippen LogP contribution in [0.2, 0.25) is 0 Å². The van der Waals surface area contributed by atoms with Gasteiger partial charge < -0.3 is 11.1 Å². The molecule has 2 aromatic rings. The van der Waals surface area contributed by atoms with E-state index < -0.39 is 0 Å². The number of hydrogen-bond acceptors (Lipinski definition) is 5. The number of anilines is 2. The zero-order chi connectivity index (χ0) is 15.6. The SMILES string of the molecule is Cc1c(N)nc(C(C)(C)C)nc1NCCc1cnn(C)c1. The Hall–Kier alpha value is -2.11. The van der Waals surface area contributed by atoms with Crippen LogP contribution >= 0.6 is 0 Å². The number of aryl methyl sites for hydroxylation is 1. The van der Waals surface area contributed by atoms with E-state index in [0.717, 1.165) is 30.2 Å². The van der Waals surface area contributed by atoms with Crippen molar-refractivity contribution in [3.8, 4) is 0 Å². The first-order valence-electron chi connectivity index (χ1n) is 7.13. The lowest BCUT2D eigenvalue weighted by molar-refractivity contribution is 0.546. The second kappa shape index (κ2) is 5.71. The van der Waals surface area contributed by atoms with Crippen LogP contribution in [0.25, 0.3) is 0 Å². The topological polar surface area (TPSA) is 81.7 Å². The molecule has 2 aromatic heterocycles. The van der Waals surface area contributed by atoms with Crippen LogP contribution in [-0.2, 0) is 18.9 Å². The Bertz CT molecular complexity index is 624. The summed E-state index contributed by atoms with van der Waals surface area (Å²) in [5.41, 5.74) is 7.97. The van der Waals surface area contributed by atoms with Crippen LogP contribution in [0.15, 0.2) is 12.4 Å². The minimum absolute atomic E-state index is 0.123. The summed E-state index contributed by atoms with van der Waals surface area (Å²) in [6.45, 7) is 8.96. The molecule has 0 aliphatic carbocycles. The molecular weight excluding hydrogens is 264 g/mol. The number of nitrogens with zero attached hydrogens (tertiary/aromatic N) is 4. The molecule has 0 unspecified atom stereocenters. The maximum absolute atomic E-state index is 6.00. The minimum atomic E-state index is -0.123. The summed E-state index contributed by atoms with van der Waals surface area (Å²) in [6.07, 6.45) is 4.79. The zero-order valence-electron chi connectivity index (χ0n) is 13.4. The Morgan fingerprint density at radius 1 is 1.29 bits per heavy atom. The smallest absolute Gasteiger partial charge is 0.138 e. The first-order valence-corrected chi connectivity index (χ1v) is 7.13. The van der Waals surface area contributed by atoms with Gasteiger partial charge in [-0.3, -0.25) is 4.68 Å². The van der Waals surface area contributed by atoms with Crippen LogP contribution in [0.5, 0.6) is 0 Å². The minimum Gasteiger partial charge on any atom is -0.383 e. The zero-order valence-corrected chi connectivity index (χ0v) is 13.4. The first-order chi connectivity index (χ1) is 9.77. The van der Waals surface area contributed by atoms with Crippen LogP contribution < -0.4 is 11.1 Å². The Labute approximate surface area is 125 Å². The van der Waals surface area contributed by atoms with E-state index >= 15 is 0 Å². The average Bonchev–Trinajstić information content (AvgIpc) is 2.79. The second-order valence-electron chi connectivity index (χ2n) is 6.36. The molecule has 0 aromatic carbocycles. The predicted octanol–water partition coefficient (Wildman–Crippen LogP) is 2.05. The third-order valence-electron chi connectivity index (χ3n) is 3.32. The molecule has 114 valence electrons. The fourth-order valence-electron chi connectivity index (χ4n) is 1.97.